The zero-order chi connectivity index (χ0) is 30.5. The summed E-state index contributed by atoms with van der Waals surface area (Å²) in [6, 6.07) is 7.94. The van der Waals surface area contributed by atoms with Gasteiger partial charge in [-0.3, -0.25) is 0 Å². The lowest BCUT2D eigenvalue weighted by molar-refractivity contribution is 0.0728. The molecule has 8 rings (SSSR count). The molecule has 2 aromatic rings. The fourth-order valence-electron chi connectivity index (χ4n) is 11.3. The first-order valence-electron chi connectivity index (χ1n) is 17.5. The van der Waals surface area contributed by atoms with Gasteiger partial charge < -0.3 is 9.29 Å². The number of ether oxygens (including phenoxy) is 1. The summed E-state index contributed by atoms with van der Waals surface area (Å²) < 4.78 is 42.6. The molecule has 9 atom stereocenters. The van der Waals surface area contributed by atoms with Crippen molar-refractivity contribution >= 4 is 16.1 Å². The van der Waals surface area contributed by atoms with Crippen LogP contribution in [-0.2, 0) is 10.1 Å². The third kappa shape index (κ3) is 4.89. The van der Waals surface area contributed by atoms with Gasteiger partial charge in [-0.05, 0) is 164 Å². The van der Waals surface area contributed by atoms with Crippen molar-refractivity contribution < 1.29 is 22.5 Å². The van der Waals surface area contributed by atoms with Gasteiger partial charge in [-0.2, -0.15) is 0 Å². The average molecular weight is 616 g/mol. The summed E-state index contributed by atoms with van der Waals surface area (Å²) in [5.74, 6) is 5.77. The van der Waals surface area contributed by atoms with Gasteiger partial charge in [-0.1, -0.05) is 45.2 Å². The highest BCUT2D eigenvalue weighted by Gasteiger charge is 2.47. The van der Waals surface area contributed by atoms with E-state index in [1.54, 1.807) is 13.0 Å². The second-order valence-corrected chi connectivity index (χ2v) is 17.4. The smallest absolute Gasteiger partial charge is 0.344 e. The molecule has 6 heteroatoms. The van der Waals surface area contributed by atoms with Crippen LogP contribution in [0.3, 0.4) is 0 Å². The highest BCUT2D eigenvalue weighted by Crippen LogP contribution is 2.59. The fraction of sp³-hybridized carbons (Fsp3) is 0.658. The zero-order valence-electron chi connectivity index (χ0n) is 26.5. The van der Waals surface area contributed by atoms with Crippen LogP contribution in [0.5, 0.6) is 5.75 Å². The Morgan fingerprint density at radius 3 is 1.66 bits per heavy atom. The molecule has 6 bridgehead atoms. The first kappa shape index (κ1) is 29.2. The molecule has 0 radical (unpaired) electrons. The quantitative estimate of drug-likeness (QED) is 0.176. The van der Waals surface area contributed by atoms with Crippen LogP contribution < -0.4 is 4.74 Å². The Balaban J connectivity index is 1.25. The largest absolute Gasteiger partial charge is 0.744 e. The Bertz CT molecular complexity index is 1560. The van der Waals surface area contributed by atoms with Crippen LogP contribution in [0, 0.1) is 42.4 Å². The van der Waals surface area contributed by atoms with Crippen molar-refractivity contribution in [2.75, 3.05) is 0 Å². The van der Waals surface area contributed by atoms with E-state index < -0.39 is 10.1 Å². The molecule has 6 aliphatic rings. The Kier molecular flexibility index (Phi) is 7.10. The summed E-state index contributed by atoms with van der Waals surface area (Å²) in [4.78, 5) is 14.4. The van der Waals surface area contributed by atoms with Gasteiger partial charge in [-0.25, -0.2) is 13.2 Å². The van der Waals surface area contributed by atoms with Crippen LogP contribution in [-0.4, -0.2) is 18.9 Å². The highest BCUT2D eigenvalue weighted by atomic mass is 32.2. The maximum atomic E-state index is 14.7. The lowest BCUT2D eigenvalue weighted by Gasteiger charge is -2.32. The maximum Gasteiger partial charge on any atom is 0.344 e. The van der Waals surface area contributed by atoms with Gasteiger partial charge in [0.15, 0.2) is 0 Å². The summed E-state index contributed by atoms with van der Waals surface area (Å²) in [6.07, 6.45) is 15.5. The normalized spacial score (nSPS) is 35.3. The monoisotopic (exact) mass is 615 g/mol. The molecule has 0 N–H and O–H groups in total. The first-order valence-corrected chi connectivity index (χ1v) is 18.9. The van der Waals surface area contributed by atoms with E-state index in [9.17, 15) is 17.8 Å². The summed E-state index contributed by atoms with van der Waals surface area (Å²) in [5.41, 5.74) is 5.72. The molecule has 0 aliphatic heterocycles. The molecule has 2 aromatic carbocycles. The Morgan fingerprint density at radius 1 is 0.750 bits per heavy atom. The van der Waals surface area contributed by atoms with Crippen LogP contribution >= 0.6 is 0 Å². The third-order valence-electron chi connectivity index (χ3n) is 13.3. The minimum absolute atomic E-state index is 0.206. The van der Waals surface area contributed by atoms with Crippen molar-refractivity contribution in [1.82, 2.24) is 0 Å². The van der Waals surface area contributed by atoms with Crippen molar-refractivity contribution in [1.29, 1.82) is 0 Å². The summed E-state index contributed by atoms with van der Waals surface area (Å²) >= 11 is 0. The van der Waals surface area contributed by atoms with E-state index in [2.05, 4.69) is 12.1 Å². The van der Waals surface area contributed by atoms with Gasteiger partial charge in [0.05, 0.1) is 10.5 Å². The number of rotatable bonds is 7. The maximum absolute atomic E-state index is 14.7. The molecule has 0 heterocycles. The number of hydrogen-bond donors (Lipinski definition) is 0. The molecule has 5 nitrogen and oxygen atoms in total. The van der Waals surface area contributed by atoms with Crippen LogP contribution in [0.1, 0.15) is 153 Å². The van der Waals surface area contributed by atoms with E-state index in [1.165, 1.54) is 99.8 Å². The molecule has 0 spiro atoms. The van der Waals surface area contributed by atoms with Crippen molar-refractivity contribution in [3.05, 3.63) is 57.6 Å². The Labute approximate surface area is 263 Å². The third-order valence-corrected chi connectivity index (χ3v) is 14.2. The fourth-order valence-corrected chi connectivity index (χ4v) is 12.2. The number of carbonyl (C=O) groups excluding carboxylic acids is 1. The van der Waals surface area contributed by atoms with Crippen LogP contribution in [0.25, 0.3) is 0 Å². The van der Waals surface area contributed by atoms with E-state index in [1.807, 2.05) is 13.8 Å². The molecular formula is C38H47O5S-. The SMILES string of the molecule is Cc1cc(S(=O)(=O)[O-])c(C(C)C)cc1OC(=O)c1c(C2CC3CCC2C3)cc(C2CC3CCC2C3)cc1C1CC2CCC1C2. The van der Waals surface area contributed by atoms with Crippen molar-refractivity contribution in [3.63, 3.8) is 0 Å². The second kappa shape index (κ2) is 10.7. The summed E-state index contributed by atoms with van der Waals surface area (Å²) in [7, 11) is -4.65. The Morgan fingerprint density at radius 2 is 1.25 bits per heavy atom. The van der Waals surface area contributed by atoms with Gasteiger partial charge in [0, 0.05) is 0 Å². The number of fused-ring (bicyclic) bond motifs is 6. The predicted molar refractivity (Wildman–Crippen MR) is 169 cm³/mol. The Hall–Kier alpha value is -2.18. The molecule has 236 valence electrons. The van der Waals surface area contributed by atoms with Crippen molar-refractivity contribution in [2.24, 2.45) is 35.5 Å². The van der Waals surface area contributed by atoms with Crippen molar-refractivity contribution in [3.8, 4) is 5.75 Å². The number of esters is 1. The van der Waals surface area contributed by atoms with E-state index in [4.69, 9.17) is 4.74 Å². The summed E-state index contributed by atoms with van der Waals surface area (Å²) in [6.45, 7) is 5.45. The van der Waals surface area contributed by atoms with Gasteiger partial charge in [0.2, 0.25) is 0 Å². The average Bonchev–Trinajstić information content (AvgIpc) is 3.84. The predicted octanol–water partition coefficient (Wildman–Crippen LogP) is 8.95. The molecule has 6 fully saturated rings. The molecular weight excluding hydrogens is 568 g/mol. The van der Waals surface area contributed by atoms with E-state index in [0.29, 0.717) is 46.5 Å². The highest BCUT2D eigenvalue weighted by molar-refractivity contribution is 7.85. The second-order valence-electron chi connectivity index (χ2n) is 16.1. The van der Waals surface area contributed by atoms with Gasteiger partial charge in [0.1, 0.15) is 15.9 Å². The molecule has 0 amide bonds. The molecule has 44 heavy (non-hydrogen) atoms. The minimum atomic E-state index is -4.65. The van der Waals surface area contributed by atoms with Gasteiger partial charge in [-0.15, -0.1) is 0 Å². The number of hydrogen-bond acceptors (Lipinski definition) is 5. The molecule has 9 unspecified atom stereocenters. The van der Waals surface area contributed by atoms with Crippen LogP contribution in [0.4, 0.5) is 0 Å². The molecule has 6 saturated carbocycles. The minimum Gasteiger partial charge on any atom is -0.744 e. The number of carbonyl (C=O) groups is 1. The van der Waals surface area contributed by atoms with E-state index in [0.717, 1.165) is 29.2 Å². The van der Waals surface area contributed by atoms with Crippen LogP contribution in [0.15, 0.2) is 29.2 Å². The first-order chi connectivity index (χ1) is 21.0. The van der Waals surface area contributed by atoms with Gasteiger partial charge in [0.25, 0.3) is 0 Å². The van der Waals surface area contributed by atoms with Crippen molar-refractivity contribution in [2.45, 2.75) is 126 Å². The summed E-state index contributed by atoms with van der Waals surface area (Å²) in [5, 5.41) is 0. The van der Waals surface area contributed by atoms with Gasteiger partial charge >= 0.3 is 5.97 Å². The topological polar surface area (TPSA) is 83.5 Å². The molecule has 0 aromatic heterocycles. The molecule has 6 aliphatic carbocycles. The zero-order valence-corrected chi connectivity index (χ0v) is 27.3. The van der Waals surface area contributed by atoms with E-state index in [-0.39, 0.29) is 16.8 Å². The number of aryl methyl sites for hydroxylation is 1. The van der Waals surface area contributed by atoms with Crippen LogP contribution in [0.2, 0.25) is 0 Å². The lowest BCUT2D eigenvalue weighted by atomic mass is 9.72. The molecule has 0 saturated heterocycles. The van der Waals surface area contributed by atoms with E-state index >= 15 is 0 Å². The standard InChI is InChI=1S/C38H48O5S/c1-20(2)29-19-35(21(3)10-36(29)44(40,41)42)43-38(39)37-33(31-15-23-5-8-26(31)12-23)17-28(30-14-22-4-7-25(30)11-22)18-34(37)32-16-24-6-9-27(32)13-24/h10,17-20,22-27,30-32H,4-9,11-16H2,1-3H3,(H,40,41,42)/p-1. The lowest BCUT2D eigenvalue weighted by Crippen LogP contribution is -2.23. The number of benzene rings is 2.